The van der Waals surface area contributed by atoms with Gasteiger partial charge >= 0.3 is 10.1 Å². The summed E-state index contributed by atoms with van der Waals surface area (Å²) in [7, 11) is -3.97. The largest absolute Gasteiger partial charge is 0.379 e. The van der Waals surface area contributed by atoms with Gasteiger partial charge < -0.3 is 4.18 Å². The normalized spacial score (nSPS) is 11.1. The van der Waals surface area contributed by atoms with Gasteiger partial charge in [0.25, 0.3) is 0 Å². The molecule has 2 aromatic carbocycles. The Morgan fingerprint density at radius 2 is 1.75 bits per heavy atom. The lowest BCUT2D eigenvalue weighted by atomic mass is 10.1. The first-order valence-electron chi connectivity index (χ1n) is 5.92. The maximum absolute atomic E-state index is 12.8. The molecule has 2 aromatic rings. The first kappa shape index (κ1) is 14.3. The molecule has 0 saturated heterocycles. The number of para-hydroxylation sites is 1. The second-order valence-electron chi connectivity index (χ2n) is 4.09. The molecule has 20 heavy (non-hydrogen) atoms. The summed E-state index contributed by atoms with van der Waals surface area (Å²) >= 11 is 0. The highest BCUT2D eigenvalue weighted by Crippen LogP contribution is 2.23. The van der Waals surface area contributed by atoms with Crippen LogP contribution in [0.1, 0.15) is 5.56 Å². The summed E-state index contributed by atoms with van der Waals surface area (Å²) in [5, 5.41) is 0. The predicted molar refractivity (Wildman–Crippen MR) is 74.6 cm³/mol. The highest BCUT2D eigenvalue weighted by molar-refractivity contribution is 7.87. The van der Waals surface area contributed by atoms with Crippen LogP contribution in [0.5, 0.6) is 5.75 Å². The lowest BCUT2D eigenvalue weighted by Gasteiger charge is -2.10. The molecule has 104 valence electrons. The molecule has 0 aliphatic rings. The van der Waals surface area contributed by atoms with Crippen molar-refractivity contribution in [1.29, 1.82) is 0 Å². The second-order valence-corrected chi connectivity index (χ2v) is 5.64. The van der Waals surface area contributed by atoms with Crippen LogP contribution in [0.2, 0.25) is 0 Å². The molecule has 0 aromatic heterocycles. The third-order valence-corrected chi connectivity index (χ3v) is 3.89. The molecule has 0 heterocycles. The van der Waals surface area contributed by atoms with Gasteiger partial charge in [0.05, 0.1) is 0 Å². The van der Waals surface area contributed by atoms with Gasteiger partial charge in [-0.2, -0.15) is 8.42 Å². The number of allylic oxidation sites excluding steroid dienone is 1. The summed E-state index contributed by atoms with van der Waals surface area (Å²) in [4.78, 5) is -0.0905. The van der Waals surface area contributed by atoms with Crippen molar-refractivity contribution in [2.75, 3.05) is 0 Å². The Bertz CT molecular complexity index is 706. The maximum atomic E-state index is 12.8. The average Bonchev–Trinajstić information content (AvgIpc) is 2.41. The first-order valence-corrected chi connectivity index (χ1v) is 7.32. The Hall–Kier alpha value is -2.14. The minimum absolute atomic E-state index is 0.0905. The molecular formula is C15H13FO3S. The van der Waals surface area contributed by atoms with Crippen LogP contribution in [0.15, 0.2) is 66.1 Å². The molecule has 5 heteroatoms. The van der Waals surface area contributed by atoms with Crippen molar-refractivity contribution in [2.45, 2.75) is 11.3 Å². The van der Waals surface area contributed by atoms with Crippen LogP contribution in [0.3, 0.4) is 0 Å². The molecule has 0 atom stereocenters. The molecule has 2 rings (SSSR count). The summed E-state index contributed by atoms with van der Waals surface area (Å²) in [6.07, 6.45) is 2.15. The predicted octanol–water partition coefficient (Wildman–Crippen LogP) is 3.32. The third kappa shape index (κ3) is 3.24. The summed E-state index contributed by atoms with van der Waals surface area (Å²) in [6.45, 7) is 3.61. The van der Waals surface area contributed by atoms with E-state index < -0.39 is 15.9 Å². The van der Waals surface area contributed by atoms with Crippen LogP contribution in [-0.2, 0) is 16.5 Å². The second kappa shape index (κ2) is 5.88. The number of rotatable bonds is 5. The van der Waals surface area contributed by atoms with E-state index in [0.29, 0.717) is 12.0 Å². The van der Waals surface area contributed by atoms with Gasteiger partial charge in [-0.3, -0.25) is 0 Å². The molecule has 0 aliphatic heterocycles. The Kier molecular flexibility index (Phi) is 4.20. The molecule has 0 aliphatic carbocycles. The Morgan fingerprint density at radius 1 is 1.10 bits per heavy atom. The highest BCUT2D eigenvalue weighted by Gasteiger charge is 2.18. The van der Waals surface area contributed by atoms with E-state index in [0.717, 1.165) is 12.1 Å². The smallest absolute Gasteiger partial charge is 0.339 e. The molecule has 0 spiro atoms. The molecule has 3 nitrogen and oxygen atoms in total. The summed E-state index contributed by atoms with van der Waals surface area (Å²) in [6, 6.07) is 11.3. The number of hydrogen-bond donors (Lipinski definition) is 0. The van der Waals surface area contributed by atoms with Crippen molar-refractivity contribution >= 4 is 10.1 Å². The fourth-order valence-corrected chi connectivity index (χ4v) is 2.64. The summed E-state index contributed by atoms with van der Waals surface area (Å²) < 4.78 is 42.1. The fraction of sp³-hybridized carbons (Fsp3) is 0.0667. The number of halogens is 1. The van der Waals surface area contributed by atoms with E-state index >= 15 is 0 Å². The van der Waals surface area contributed by atoms with Crippen LogP contribution in [-0.4, -0.2) is 8.42 Å². The van der Waals surface area contributed by atoms with Crippen molar-refractivity contribution < 1.29 is 17.0 Å². The van der Waals surface area contributed by atoms with Gasteiger partial charge in [-0.05, 0) is 42.3 Å². The molecule has 0 N–H and O–H groups in total. The van der Waals surface area contributed by atoms with Crippen molar-refractivity contribution in [3.05, 3.63) is 72.6 Å². The molecule has 0 fully saturated rings. The van der Waals surface area contributed by atoms with Crippen LogP contribution >= 0.6 is 0 Å². The lowest BCUT2D eigenvalue weighted by molar-refractivity contribution is 0.483. The fourth-order valence-electron chi connectivity index (χ4n) is 1.68. The van der Waals surface area contributed by atoms with E-state index in [9.17, 15) is 12.8 Å². The molecule has 0 unspecified atom stereocenters. The van der Waals surface area contributed by atoms with Gasteiger partial charge in [-0.25, -0.2) is 4.39 Å². The Morgan fingerprint density at radius 3 is 2.40 bits per heavy atom. The van der Waals surface area contributed by atoms with Gasteiger partial charge in [-0.15, -0.1) is 6.58 Å². The van der Waals surface area contributed by atoms with Gasteiger partial charge in [0.1, 0.15) is 16.5 Å². The lowest BCUT2D eigenvalue weighted by Crippen LogP contribution is -2.10. The Balaban J connectivity index is 2.33. The van der Waals surface area contributed by atoms with Crippen molar-refractivity contribution in [1.82, 2.24) is 0 Å². The van der Waals surface area contributed by atoms with E-state index in [2.05, 4.69) is 6.58 Å². The third-order valence-electron chi connectivity index (χ3n) is 2.64. The number of hydrogen-bond acceptors (Lipinski definition) is 3. The zero-order valence-corrected chi connectivity index (χ0v) is 11.4. The number of benzene rings is 2. The van der Waals surface area contributed by atoms with Gasteiger partial charge in [0, 0.05) is 0 Å². The van der Waals surface area contributed by atoms with Crippen LogP contribution < -0.4 is 4.18 Å². The summed E-state index contributed by atoms with van der Waals surface area (Å²) in [5.41, 5.74) is 0.716. The standard InChI is InChI=1S/C15H13FO3S/c1-2-5-12-6-3-4-7-15(12)19-20(17,18)14-10-8-13(16)9-11-14/h2-4,6-11H,1,5H2. The zero-order chi connectivity index (χ0) is 14.6. The van der Waals surface area contributed by atoms with Gasteiger partial charge in [-0.1, -0.05) is 24.3 Å². The highest BCUT2D eigenvalue weighted by atomic mass is 32.2. The topological polar surface area (TPSA) is 43.4 Å². The Labute approximate surface area is 117 Å². The SMILES string of the molecule is C=CCc1ccccc1OS(=O)(=O)c1ccc(F)cc1. The van der Waals surface area contributed by atoms with E-state index in [1.165, 1.54) is 12.1 Å². The molecule has 0 amide bonds. The maximum Gasteiger partial charge on any atom is 0.339 e. The van der Waals surface area contributed by atoms with E-state index in [1.807, 2.05) is 0 Å². The first-order chi connectivity index (χ1) is 9.53. The van der Waals surface area contributed by atoms with Crippen molar-refractivity contribution in [2.24, 2.45) is 0 Å². The van der Waals surface area contributed by atoms with Crippen molar-refractivity contribution in [3.8, 4) is 5.75 Å². The van der Waals surface area contributed by atoms with Crippen LogP contribution in [0.25, 0.3) is 0 Å². The minimum Gasteiger partial charge on any atom is -0.379 e. The molecule has 0 saturated carbocycles. The minimum atomic E-state index is -3.97. The monoisotopic (exact) mass is 292 g/mol. The van der Waals surface area contributed by atoms with Gasteiger partial charge in [0.2, 0.25) is 0 Å². The van der Waals surface area contributed by atoms with Crippen LogP contribution in [0.4, 0.5) is 4.39 Å². The van der Waals surface area contributed by atoms with Gasteiger partial charge in [0.15, 0.2) is 0 Å². The zero-order valence-electron chi connectivity index (χ0n) is 10.6. The molecule has 0 bridgehead atoms. The van der Waals surface area contributed by atoms with E-state index in [-0.39, 0.29) is 10.6 Å². The summed E-state index contributed by atoms with van der Waals surface area (Å²) in [5.74, 6) is -0.257. The van der Waals surface area contributed by atoms with E-state index in [4.69, 9.17) is 4.18 Å². The molecule has 0 radical (unpaired) electrons. The molecular weight excluding hydrogens is 279 g/mol. The quantitative estimate of drug-likeness (QED) is 0.627. The van der Waals surface area contributed by atoms with E-state index in [1.54, 1.807) is 30.3 Å². The van der Waals surface area contributed by atoms with Crippen molar-refractivity contribution in [3.63, 3.8) is 0 Å². The van der Waals surface area contributed by atoms with Crippen LogP contribution in [0, 0.1) is 5.82 Å². The average molecular weight is 292 g/mol.